The highest BCUT2D eigenvalue weighted by Gasteiger charge is 2.23. The summed E-state index contributed by atoms with van der Waals surface area (Å²) >= 11 is 0. The van der Waals surface area contributed by atoms with E-state index in [0.29, 0.717) is 12.1 Å². The summed E-state index contributed by atoms with van der Waals surface area (Å²) in [5.41, 5.74) is 3.06. The molecule has 17 heavy (non-hydrogen) atoms. The fraction of sp³-hybridized carbons (Fsp3) is 1.00. The molecule has 0 amide bonds. The van der Waals surface area contributed by atoms with Crippen LogP contribution in [0.4, 0.5) is 0 Å². The van der Waals surface area contributed by atoms with E-state index in [-0.39, 0.29) is 0 Å². The monoisotopic (exact) mass is 240 g/mol. The molecule has 1 aliphatic heterocycles. The van der Waals surface area contributed by atoms with Gasteiger partial charge in [-0.3, -0.25) is 11.3 Å². The van der Waals surface area contributed by atoms with Crippen molar-refractivity contribution in [1.82, 2.24) is 5.43 Å². The van der Waals surface area contributed by atoms with Crippen LogP contribution in [0.5, 0.6) is 0 Å². The zero-order valence-electron chi connectivity index (χ0n) is 11.0. The Balaban J connectivity index is 1.63. The maximum absolute atomic E-state index is 5.72. The zero-order chi connectivity index (χ0) is 11.9. The van der Waals surface area contributed by atoms with Gasteiger partial charge in [0, 0.05) is 12.6 Å². The molecule has 1 heterocycles. The van der Waals surface area contributed by atoms with Crippen LogP contribution >= 0.6 is 0 Å². The minimum atomic E-state index is 0.539. The zero-order valence-corrected chi connectivity index (χ0v) is 11.0. The lowest BCUT2D eigenvalue weighted by atomic mass is 9.82. The Kier molecular flexibility index (Phi) is 5.75. The molecule has 2 rings (SSSR count). The van der Waals surface area contributed by atoms with Crippen LogP contribution in [-0.2, 0) is 4.74 Å². The van der Waals surface area contributed by atoms with Gasteiger partial charge in [-0.2, -0.15) is 0 Å². The second-order valence-electron chi connectivity index (χ2n) is 5.74. The fourth-order valence-electron chi connectivity index (χ4n) is 3.43. The molecule has 0 spiro atoms. The summed E-state index contributed by atoms with van der Waals surface area (Å²) in [6.45, 7) is 0.978. The Labute approximate surface area is 105 Å². The first kappa shape index (κ1) is 13.3. The van der Waals surface area contributed by atoms with Crippen LogP contribution in [0.25, 0.3) is 0 Å². The van der Waals surface area contributed by atoms with Crippen molar-refractivity contribution in [1.29, 1.82) is 0 Å². The van der Waals surface area contributed by atoms with Crippen LogP contribution in [0.2, 0.25) is 0 Å². The van der Waals surface area contributed by atoms with Crippen molar-refractivity contribution in [3.05, 3.63) is 0 Å². The van der Waals surface area contributed by atoms with Gasteiger partial charge in [-0.1, -0.05) is 19.3 Å². The van der Waals surface area contributed by atoms with E-state index in [1.54, 1.807) is 0 Å². The summed E-state index contributed by atoms with van der Waals surface area (Å²) in [6.07, 6.45) is 13.7. The predicted molar refractivity (Wildman–Crippen MR) is 70.5 cm³/mol. The molecule has 3 N–H and O–H groups in total. The normalized spacial score (nSPS) is 28.4. The molecular formula is C14H28N2O. The third kappa shape index (κ3) is 4.23. The fourth-order valence-corrected chi connectivity index (χ4v) is 3.43. The molecule has 3 nitrogen and oxygen atoms in total. The average molecular weight is 240 g/mol. The topological polar surface area (TPSA) is 47.3 Å². The molecule has 0 aromatic rings. The van der Waals surface area contributed by atoms with E-state index in [0.717, 1.165) is 12.5 Å². The Morgan fingerprint density at radius 1 is 1.12 bits per heavy atom. The second kappa shape index (κ2) is 7.34. The highest BCUT2D eigenvalue weighted by atomic mass is 16.5. The molecular weight excluding hydrogens is 212 g/mol. The van der Waals surface area contributed by atoms with Gasteiger partial charge in [0.2, 0.25) is 0 Å². The molecule has 2 unspecified atom stereocenters. The van der Waals surface area contributed by atoms with Crippen LogP contribution in [-0.4, -0.2) is 18.8 Å². The molecule has 1 aliphatic carbocycles. The number of hydrazine groups is 1. The molecule has 2 aliphatic rings. The second-order valence-corrected chi connectivity index (χ2v) is 5.74. The lowest BCUT2D eigenvalue weighted by Gasteiger charge is -2.30. The first-order valence-electron chi connectivity index (χ1n) is 7.48. The number of rotatable bonds is 6. The van der Waals surface area contributed by atoms with E-state index in [1.165, 1.54) is 64.2 Å². The van der Waals surface area contributed by atoms with Gasteiger partial charge in [-0.05, 0) is 50.9 Å². The molecule has 0 bridgehead atoms. The molecule has 2 fully saturated rings. The maximum Gasteiger partial charge on any atom is 0.0576 e. The Bertz CT molecular complexity index is 198. The maximum atomic E-state index is 5.72. The lowest BCUT2D eigenvalue weighted by molar-refractivity contribution is 0.0998. The number of ether oxygens (including phenoxy) is 1. The van der Waals surface area contributed by atoms with E-state index in [9.17, 15) is 0 Å². The Hall–Kier alpha value is -0.120. The lowest BCUT2D eigenvalue weighted by Crippen LogP contribution is -2.41. The van der Waals surface area contributed by atoms with Gasteiger partial charge in [0.05, 0.1) is 6.10 Å². The standard InChI is InChI=1S/C14H28N2O/c15-16-14(12-6-2-1-3-7-12)10-4-8-13-9-5-11-17-13/h12-14,16H,1-11,15H2. The quantitative estimate of drug-likeness (QED) is 0.554. The third-order valence-electron chi connectivity index (χ3n) is 4.50. The summed E-state index contributed by atoms with van der Waals surface area (Å²) in [4.78, 5) is 0. The molecule has 2 atom stereocenters. The van der Waals surface area contributed by atoms with Gasteiger partial charge in [0.15, 0.2) is 0 Å². The molecule has 0 radical (unpaired) electrons. The predicted octanol–water partition coefficient (Wildman–Crippen LogP) is 2.75. The van der Waals surface area contributed by atoms with Gasteiger partial charge in [0.25, 0.3) is 0 Å². The first-order valence-corrected chi connectivity index (χ1v) is 7.48. The van der Waals surface area contributed by atoms with Crippen molar-refractivity contribution < 1.29 is 4.74 Å². The van der Waals surface area contributed by atoms with Crippen LogP contribution < -0.4 is 11.3 Å². The minimum absolute atomic E-state index is 0.539. The Morgan fingerprint density at radius 2 is 1.94 bits per heavy atom. The molecule has 1 saturated carbocycles. The van der Waals surface area contributed by atoms with E-state index >= 15 is 0 Å². The minimum Gasteiger partial charge on any atom is -0.378 e. The number of nitrogens with one attached hydrogen (secondary N) is 1. The van der Waals surface area contributed by atoms with Gasteiger partial charge < -0.3 is 4.74 Å². The van der Waals surface area contributed by atoms with Gasteiger partial charge >= 0.3 is 0 Å². The van der Waals surface area contributed by atoms with Crippen molar-refractivity contribution in [3.63, 3.8) is 0 Å². The Morgan fingerprint density at radius 3 is 2.59 bits per heavy atom. The summed E-state index contributed by atoms with van der Waals surface area (Å²) in [5, 5.41) is 0. The van der Waals surface area contributed by atoms with Crippen LogP contribution in [0.1, 0.15) is 64.2 Å². The number of nitrogens with two attached hydrogens (primary N) is 1. The van der Waals surface area contributed by atoms with Crippen molar-refractivity contribution in [3.8, 4) is 0 Å². The van der Waals surface area contributed by atoms with Crippen molar-refractivity contribution >= 4 is 0 Å². The molecule has 100 valence electrons. The third-order valence-corrected chi connectivity index (χ3v) is 4.50. The average Bonchev–Trinajstić information content (AvgIpc) is 2.89. The summed E-state index contributed by atoms with van der Waals surface area (Å²) < 4.78 is 5.66. The highest BCUT2D eigenvalue weighted by molar-refractivity contribution is 4.78. The molecule has 1 saturated heterocycles. The summed E-state index contributed by atoms with van der Waals surface area (Å²) in [7, 11) is 0. The number of hydrogen-bond acceptors (Lipinski definition) is 3. The van der Waals surface area contributed by atoms with Crippen LogP contribution in [0.15, 0.2) is 0 Å². The van der Waals surface area contributed by atoms with Crippen molar-refractivity contribution in [2.45, 2.75) is 76.4 Å². The van der Waals surface area contributed by atoms with E-state index in [2.05, 4.69) is 5.43 Å². The van der Waals surface area contributed by atoms with Crippen LogP contribution in [0.3, 0.4) is 0 Å². The van der Waals surface area contributed by atoms with Crippen molar-refractivity contribution in [2.24, 2.45) is 11.8 Å². The SMILES string of the molecule is NNC(CCCC1CCCO1)C1CCCCC1. The van der Waals surface area contributed by atoms with Gasteiger partial charge in [-0.25, -0.2) is 0 Å². The van der Waals surface area contributed by atoms with E-state index < -0.39 is 0 Å². The molecule has 3 heteroatoms. The largest absolute Gasteiger partial charge is 0.378 e. The summed E-state index contributed by atoms with van der Waals surface area (Å²) in [6, 6.07) is 0.539. The molecule has 0 aromatic heterocycles. The van der Waals surface area contributed by atoms with E-state index in [1.807, 2.05) is 0 Å². The van der Waals surface area contributed by atoms with Crippen molar-refractivity contribution in [2.75, 3.05) is 6.61 Å². The van der Waals surface area contributed by atoms with Crippen LogP contribution in [0, 0.1) is 5.92 Å². The van der Waals surface area contributed by atoms with Gasteiger partial charge in [0.1, 0.15) is 0 Å². The summed E-state index contributed by atoms with van der Waals surface area (Å²) in [5.74, 6) is 6.53. The van der Waals surface area contributed by atoms with E-state index in [4.69, 9.17) is 10.6 Å². The highest BCUT2D eigenvalue weighted by Crippen LogP contribution is 2.28. The van der Waals surface area contributed by atoms with Gasteiger partial charge in [-0.15, -0.1) is 0 Å². The smallest absolute Gasteiger partial charge is 0.0576 e. The first-order chi connectivity index (χ1) is 8.40. The number of hydrogen-bond donors (Lipinski definition) is 2. The molecule has 0 aromatic carbocycles.